The molecular weight excluding hydrogens is 234 g/mol. The van der Waals surface area contributed by atoms with Crippen molar-refractivity contribution in [3.8, 4) is 0 Å². The predicted octanol–water partition coefficient (Wildman–Crippen LogP) is 3.96. The molecule has 1 N–H and O–H groups in total. The minimum absolute atomic E-state index is 0.723. The fraction of sp³-hybridized carbons (Fsp3) is 0.143. The van der Waals surface area contributed by atoms with Crippen LogP contribution in [0.25, 0.3) is 21.7 Å². The minimum atomic E-state index is 0.723. The Labute approximate surface area is 104 Å². The van der Waals surface area contributed by atoms with Crippen molar-refractivity contribution in [1.82, 2.24) is 5.32 Å². The van der Waals surface area contributed by atoms with Gasteiger partial charge in [-0.2, -0.15) is 0 Å². The van der Waals surface area contributed by atoms with E-state index in [-0.39, 0.29) is 0 Å². The number of rotatable bonds is 2. The first-order valence-corrected chi connectivity index (χ1v) is 5.91. The Morgan fingerprint density at radius 2 is 1.94 bits per heavy atom. The predicted molar refractivity (Wildman–Crippen MR) is 71.5 cm³/mol. The van der Waals surface area contributed by atoms with Gasteiger partial charge in [0.15, 0.2) is 0 Å². The van der Waals surface area contributed by atoms with Crippen molar-refractivity contribution in [2.75, 3.05) is 7.05 Å². The smallest absolute Gasteiger partial charge is 0.142 e. The van der Waals surface area contributed by atoms with Crippen molar-refractivity contribution >= 4 is 33.3 Å². The molecular formula is C14H12ClNO. The van der Waals surface area contributed by atoms with E-state index < -0.39 is 0 Å². The molecule has 86 valence electrons. The van der Waals surface area contributed by atoms with E-state index in [1.54, 1.807) is 0 Å². The highest BCUT2D eigenvalue weighted by atomic mass is 35.5. The molecule has 0 unspecified atom stereocenters. The maximum Gasteiger partial charge on any atom is 0.142 e. The van der Waals surface area contributed by atoms with Gasteiger partial charge < -0.3 is 9.73 Å². The van der Waals surface area contributed by atoms with Gasteiger partial charge in [-0.25, -0.2) is 0 Å². The van der Waals surface area contributed by atoms with E-state index in [4.69, 9.17) is 16.0 Å². The Kier molecular flexibility index (Phi) is 2.54. The highest BCUT2D eigenvalue weighted by Crippen LogP contribution is 2.33. The number of benzene rings is 2. The van der Waals surface area contributed by atoms with Crippen LogP contribution in [0, 0.1) is 0 Å². The SMILES string of the molecule is CNCc1cc2cc(Cl)c3ccccc3c2o1. The van der Waals surface area contributed by atoms with Gasteiger partial charge >= 0.3 is 0 Å². The van der Waals surface area contributed by atoms with Crippen LogP contribution in [-0.4, -0.2) is 7.05 Å². The third-order valence-corrected chi connectivity index (χ3v) is 3.19. The Balaban J connectivity index is 2.38. The van der Waals surface area contributed by atoms with E-state index in [9.17, 15) is 0 Å². The van der Waals surface area contributed by atoms with E-state index in [1.807, 2.05) is 43.4 Å². The summed E-state index contributed by atoms with van der Waals surface area (Å²) >= 11 is 6.27. The lowest BCUT2D eigenvalue weighted by molar-refractivity contribution is 0.533. The summed E-state index contributed by atoms with van der Waals surface area (Å²) in [6.45, 7) is 0.723. The molecule has 1 aromatic heterocycles. The van der Waals surface area contributed by atoms with Crippen molar-refractivity contribution in [2.45, 2.75) is 6.54 Å². The number of fused-ring (bicyclic) bond motifs is 3. The third kappa shape index (κ3) is 1.70. The molecule has 1 heterocycles. The molecule has 0 saturated carbocycles. The van der Waals surface area contributed by atoms with Gasteiger partial charge in [-0.3, -0.25) is 0 Å². The summed E-state index contributed by atoms with van der Waals surface area (Å²) < 4.78 is 5.86. The largest absolute Gasteiger partial charge is 0.459 e. The quantitative estimate of drug-likeness (QED) is 0.739. The molecule has 0 saturated heterocycles. The number of nitrogens with one attached hydrogen (secondary N) is 1. The average Bonchev–Trinajstić information content (AvgIpc) is 2.73. The summed E-state index contributed by atoms with van der Waals surface area (Å²) in [6, 6.07) is 12.0. The van der Waals surface area contributed by atoms with Gasteiger partial charge in [0, 0.05) is 21.2 Å². The van der Waals surface area contributed by atoms with Gasteiger partial charge in [0.25, 0.3) is 0 Å². The van der Waals surface area contributed by atoms with Gasteiger partial charge in [0.2, 0.25) is 0 Å². The van der Waals surface area contributed by atoms with Gasteiger partial charge in [-0.05, 0) is 19.2 Å². The zero-order valence-corrected chi connectivity index (χ0v) is 10.2. The van der Waals surface area contributed by atoms with Gasteiger partial charge in [-0.1, -0.05) is 35.9 Å². The Morgan fingerprint density at radius 3 is 2.71 bits per heavy atom. The van der Waals surface area contributed by atoms with Crippen LogP contribution in [0.4, 0.5) is 0 Å². The van der Waals surface area contributed by atoms with E-state index in [1.165, 1.54) is 0 Å². The van der Waals surface area contributed by atoms with Crippen molar-refractivity contribution in [1.29, 1.82) is 0 Å². The second kappa shape index (κ2) is 4.06. The normalized spacial score (nSPS) is 11.4. The standard InChI is InChI=1S/C14H12ClNO/c1-16-8-10-6-9-7-13(15)11-4-2-3-5-12(11)14(9)17-10/h2-7,16H,8H2,1H3. The van der Waals surface area contributed by atoms with Crippen molar-refractivity contribution in [3.05, 3.63) is 47.2 Å². The summed E-state index contributed by atoms with van der Waals surface area (Å²) in [5, 5.41) is 7.01. The van der Waals surface area contributed by atoms with Crippen LogP contribution in [-0.2, 0) is 6.54 Å². The lowest BCUT2D eigenvalue weighted by Crippen LogP contribution is -2.03. The molecule has 0 spiro atoms. The maximum atomic E-state index is 6.27. The second-order valence-corrected chi connectivity index (χ2v) is 4.47. The molecule has 2 nitrogen and oxygen atoms in total. The fourth-order valence-electron chi connectivity index (χ4n) is 2.14. The first kappa shape index (κ1) is 10.6. The third-order valence-electron chi connectivity index (χ3n) is 2.87. The molecule has 2 aromatic carbocycles. The molecule has 0 bridgehead atoms. The topological polar surface area (TPSA) is 25.2 Å². The monoisotopic (exact) mass is 245 g/mol. The van der Waals surface area contributed by atoms with E-state index in [0.29, 0.717) is 0 Å². The van der Waals surface area contributed by atoms with Gasteiger partial charge in [0.1, 0.15) is 11.3 Å². The lowest BCUT2D eigenvalue weighted by Gasteiger charge is -2.00. The van der Waals surface area contributed by atoms with Crippen LogP contribution >= 0.6 is 11.6 Å². The van der Waals surface area contributed by atoms with Crippen LogP contribution < -0.4 is 5.32 Å². The maximum absolute atomic E-state index is 6.27. The second-order valence-electron chi connectivity index (χ2n) is 4.07. The Morgan fingerprint density at radius 1 is 1.18 bits per heavy atom. The van der Waals surface area contributed by atoms with E-state index in [2.05, 4.69) is 5.32 Å². The van der Waals surface area contributed by atoms with Crippen LogP contribution in [0.15, 0.2) is 40.8 Å². The summed E-state index contributed by atoms with van der Waals surface area (Å²) in [7, 11) is 1.90. The van der Waals surface area contributed by atoms with Crippen LogP contribution in [0.2, 0.25) is 5.02 Å². The highest BCUT2D eigenvalue weighted by Gasteiger charge is 2.09. The first-order valence-electron chi connectivity index (χ1n) is 5.54. The first-order chi connectivity index (χ1) is 8.29. The fourth-order valence-corrected chi connectivity index (χ4v) is 2.42. The number of hydrogen-bond donors (Lipinski definition) is 1. The van der Waals surface area contributed by atoms with Crippen LogP contribution in [0.5, 0.6) is 0 Å². The molecule has 17 heavy (non-hydrogen) atoms. The summed E-state index contributed by atoms with van der Waals surface area (Å²) in [5.41, 5.74) is 0.912. The molecule has 0 atom stereocenters. The van der Waals surface area contributed by atoms with Gasteiger partial charge in [-0.15, -0.1) is 0 Å². The Hall–Kier alpha value is -1.51. The molecule has 0 aliphatic carbocycles. The number of furan rings is 1. The molecule has 0 radical (unpaired) electrons. The summed E-state index contributed by atoms with van der Waals surface area (Å²) in [5.74, 6) is 0.926. The van der Waals surface area contributed by atoms with E-state index >= 15 is 0 Å². The molecule has 0 aliphatic rings. The molecule has 0 amide bonds. The summed E-state index contributed by atoms with van der Waals surface area (Å²) in [4.78, 5) is 0. The lowest BCUT2D eigenvalue weighted by atomic mass is 10.1. The highest BCUT2D eigenvalue weighted by molar-refractivity contribution is 6.37. The van der Waals surface area contributed by atoms with Gasteiger partial charge in [0.05, 0.1) is 6.54 Å². The van der Waals surface area contributed by atoms with Crippen LogP contribution in [0.3, 0.4) is 0 Å². The van der Waals surface area contributed by atoms with E-state index in [0.717, 1.165) is 39.1 Å². The zero-order chi connectivity index (χ0) is 11.8. The Bertz CT molecular complexity index is 687. The van der Waals surface area contributed by atoms with Crippen molar-refractivity contribution < 1.29 is 4.42 Å². The average molecular weight is 246 g/mol. The summed E-state index contributed by atoms with van der Waals surface area (Å²) in [6.07, 6.45) is 0. The van der Waals surface area contributed by atoms with Crippen molar-refractivity contribution in [3.63, 3.8) is 0 Å². The minimum Gasteiger partial charge on any atom is -0.459 e. The molecule has 3 rings (SSSR count). The molecule has 0 aliphatic heterocycles. The molecule has 3 aromatic rings. The zero-order valence-electron chi connectivity index (χ0n) is 9.46. The molecule has 3 heteroatoms. The number of halogens is 1. The van der Waals surface area contributed by atoms with Crippen LogP contribution in [0.1, 0.15) is 5.76 Å². The van der Waals surface area contributed by atoms with Crippen molar-refractivity contribution in [2.24, 2.45) is 0 Å². The molecule has 0 fully saturated rings. The number of hydrogen-bond acceptors (Lipinski definition) is 2.